The Morgan fingerprint density at radius 2 is 1.36 bits per heavy atom. The van der Waals surface area contributed by atoms with Gasteiger partial charge in [-0.3, -0.25) is 0 Å². The Morgan fingerprint density at radius 1 is 1.00 bits per heavy atom. The first kappa shape index (κ1) is 11.8. The van der Waals surface area contributed by atoms with Crippen LogP contribution in [0.4, 0.5) is 0 Å². The van der Waals surface area contributed by atoms with Gasteiger partial charge in [-0.25, -0.2) is 9.59 Å². The summed E-state index contributed by atoms with van der Waals surface area (Å²) in [5, 5.41) is 0. The van der Waals surface area contributed by atoms with Crippen LogP contribution in [0.3, 0.4) is 0 Å². The molecule has 0 aliphatic rings. The number of carbonyl (C=O) groups is 2. The van der Waals surface area contributed by atoms with E-state index in [4.69, 9.17) is 12.8 Å². The van der Waals surface area contributed by atoms with Crippen molar-refractivity contribution in [2.45, 2.75) is 0 Å². The molecule has 0 N–H and O–H groups in total. The molecule has 0 aromatic rings. The van der Waals surface area contributed by atoms with Crippen molar-refractivity contribution in [2.75, 3.05) is 13.2 Å². The number of esters is 2. The molecule has 4 nitrogen and oxygen atoms in total. The molecule has 0 atom stereocenters. The van der Waals surface area contributed by atoms with Gasteiger partial charge >= 0.3 is 11.9 Å². The lowest BCUT2D eigenvalue weighted by Gasteiger charge is -1.95. The Bertz CT molecular complexity index is 282. The zero-order valence-electron chi connectivity index (χ0n) is 7.36. The molecule has 0 saturated carbocycles. The maximum atomic E-state index is 10.7. The summed E-state index contributed by atoms with van der Waals surface area (Å²) in [5.41, 5.74) is 0. The van der Waals surface area contributed by atoms with E-state index < -0.39 is 11.9 Å². The van der Waals surface area contributed by atoms with E-state index in [0.29, 0.717) is 0 Å². The van der Waals surface area contributed by atoms with E-state index in [1.54, 1.807) is 0 Å². The maximum absolute atomic E-state index is 10.7. The number of terminal acetylenes is 2. The van der Waals surface area contributed by atoms with Crippen molar-refractivity contribution in [2.24, 2.45) is 0 Å². The lowest BCUT2D eigenvalue weighted by Crippen LogP contribution is -2.04. The second-order valence-electron chi connectivity index (χ2n) is 1.96. The van der Waals surface area contributed by atoms with Crippen LogP contribution in [0.15, 0.2) is 12.2 Å². The summed E-state index contributed by atoms with van der Waals surface area (Å²) in [6.45, 7) is -0.273. The Hall–Kier alpha value is -2.20. The van der Waals surface area contributed by atoms with Crippen LogP contribution in [0, 0.1) is 24.7 Å². The molecule has 0 amide bonds. The molecule has 0 spiro atoms. The van der Waals surface area contributed by atoms with Gasteiger partial charge in [0.15, 0.2) is 13.2 Å². The fraction of sp³-hybridized carbons (Fsp3) is 0.200. The molecule has 0 rings (SSSR count). The van der Waals surface area contributed by atoms with Gasteiger partial charge in [-0.1, -0.05) is 11.8 Å². The topological polar surface area (TPSA) is 52.6 Å². The summed E-state index contributed by atoms with van der Waals surface area (Å²) < 4.78 is 8.87. The van der Waals surface area contributed by atoms with E-state index in [9.17, 15) is 9.59 Å². The second-order valence-corrected chi connectivity index (χ2v) is 1.96. The molecule has 72 valence electrons. The van der Waals surface area contributed by atoms with Gasteiger partial charge in [-0.05, 0) is 0 Å². The van der Waals surface area contributed by atoms with Crippen LogP contribution in [-0.2, 0) is 19.1 Å². The molecular formula is C10H8O4. The smallest absolute Gasteiger partial charge is 0.331 e. The summed E-state index contributed by atoms with van der Waals surface area (Å²) in [7, 11) is 0. The first-order valence-corrected chi connectivity index (χ1v) is 3.59. The highest BCUT2D eigenvalue weighted by Gasteiger charge is 1.98. The molecule has 4 heteroatoms. The maximum Gasteiger partial charge on any atom is 0.331 e. The van der Waals surface area contributed by atoms with E-state index in [1.807, 2.05) is 0 Å². The molecule has 0 unspecified atom stereocenters. The molecule has 0 aliphatic heterocycles. The second kappa shape index (κ2) is 7.45. The van der Waals surface area contributed by atoms with Gasteiger partial charge in [0.2, 0.25) is 0 Å². The van der Waals surface area contributed by atoms with E-state index in [1.165, 1.54) is 0 Å². The summed E-state index contributed by atoms with van der Waals surface area (Å²) >= 11 is 0. The van der Waals surface area contributed by atoms with Crippen molar-refractivity contribution in [1.82, 2.24) is 0 Å². The molecule has 0 aromatic carbocycles. The van der Waals surface area contributed by atoms with Gasteiger partial charge in [0.05, 0.1) is 0 Å². The van der Waals surface area contributed by atoms with Crippen molar-refractivity contribution < 1.29 is 19.1 Å². The molecule has 0 aromatic heterocycles. The number of rotatable bonds is 4. The van der Waals surface area contributed by atoms with Gasteiger partial charge in [-0.2, -0.15) is 0 Å². The standard InChI is InChI=1S/C10H8O4/c1-3-7-13-9(11)5-6-10(12)14-8-4-2/h1-2,5-6H,7-8H2/b6-5+. The van der Waals surface area contributed by atoms with E-state index in [-0.39, 0.29) is 13.2 Å². The van der Waals surface area contributed by atoms with Crippen molar-refractivity contribution in [3.8, 4) is 24.7 Å². The molecule has 0 radical (unpaired) electrons. The third-order valence-corrected chi connectivity index (χ3v) is 0.951. The minimum absolute atomic E-state index is 0.136. The largest absolute Gasteiger partial charge is 0.449 e. The van der Waals surface area contributed by atoms with Crippen molar-refractivity contribution in [3.63, 3.8) is 0 Å². The van der Waals surface area contributed by atoms with Crippen LogP contribution in [0.25, 0.3) is 0 Å². The fourth-order valence-electron chi connectivity index (χ4n) is 0.458. The fourth-order valence-corrected chi connectivity index (χ4v) is 0.458. The van der Waals surface area contributed by atoms with Crippen LogP contribution in [-0.4, -0.2) is 25.2 Å². The molecular weight excluding hydrogens is 184 g/mol. The van der Waals surface area contributed by atoms with Gasteiger partial charge in [-0.15, -0.1) is 12.8 Å². The number of carbonyl (C=O) groups excluding carboxylic acids is 2. The van der Waals surface area contributed by atoms with Gasteiger partial charge in [0.25, 0.3) is 0 Å². The SMILES string of the molecule is C#CCOC(=O)/C=C/C(=O)OCC#C. The Morgan fingerprint density at radius 3 is 1.64 bits per heavy atom. The van der Waals surface area contributed by atoms with Crippen molar-refractivity contribution in [1.29, 1.82) is 0 Å². The minimum Gasteiger partial charge on any atom is -0.449 e. The van der Waals surface area contributed by atoms with E-state index >= 15 is 0 Å². The third kappa shape index (κ3) is 6.51. The molecule has 0 bridgehead atoms. The summed E-state index contributed by atoms with van der Waals surface area (Å²) in [6, 6.07) is 0. The Kier molecular flexibility index (Phi) is 6.28. The zero-order valence-corrected chi connectivity index (χ0v) is 7.36. The average Bonchev–Trinajstić information content (AvgIpc) is 2.20. The number of ether oxygens (including phenoxy) is 2. The summed E-state index contributed by atoms with van der Waals surface area (Å²) in [6.07, 6.45) is 11.5. The number of hydrogen-bond donors (Lipinski definition) is 0. The molecule has 14 heavy (non-hydrogen) atoms. The number of hydrogen-bond acceptors (Lipinski definition) is 4. The van der Waals surface area contributed by atoms with Gasteiger partial charge < -0.3 is 9.47 Å². The normalized spacial score (nSPS) is 8.71. The predicted molar refractivity (Wildman–Crippen MR) is 48.7 cm³/mol. The van der Waals surface area contributed by atoms with Crippen LogP contribution in [0.2, 0.25) is 0 Å². The highest BCUT2D eigenvalue weighted by molar-refractivity contribution is 5.91. The highest BCUT2D eigenvalue weighted by Crippen LogP contribution is 1.84. The quantitative estimate of drug-likeness (QED) is 0.354. The summed E-state index contributed by atoms with van der Waals surface area (Å²) in [4.78, 5) is 21.5. The lowest BCUT2D eigenvalue weighted by atomic mass is 10.5. The van der Waals surface area contributed by atoms with E-state index in [0.717, 1.165) is 12.2 Å². The minimum atomic E-state index is -0.708. The molecule has 0 saturated heterocycles. The van der Waals surface area contributed by atoms with Crippen molar-refractivity contribution in [3.05, 3.63) is 12.2 Å². The monoisotopic (exact) mass is 192 g/mol. The van der Waals surface area contributed by atoms with Crippen LogP contribution in [0.1, 0.15) is 0 Å². The van der Waals surface area contributed by atoms with Crippen LogP contribution < -0.4 is 0 Å². The Labute approximate surface area is 81.9 Å². The average molecular weight is 192 g/mol. The van der Waals surface area contributed by atoms with Gasteiger partial charge in [0.1, 0.15) is 0 Å². The molecule has 0 heterocycles. The zero-order chi connectivity index (χ0) is 10.8. The predicted octanol–water partition coefficient (Wildman–Crippen LogP) is -0.105. The summed E-state index contributed by atoms with van der Waals surface area (Å²) in [5.74, 6) is 2.79. The first-order chi connectivity index (χ1) is 6.70. The molecule has 0 aliphatic carbocycles. The van der Waals surface area contributed by atoms with Gasteiger partial charge in [0, 0.05) is 12.2 Å². The van der Waals surface area contributed by atoms with E-state index in [2.05, 4.69) is 21.3 Å². The lowest BCUT2D eigenvalue weighted by molar-refractivity contribution is -0.139. The first-order valence-electron chi connectivity index (χ1n) is 3.59. The Balaban J connectivity index is 3.82. The molecule has 0 fully saturated rings. The third-order valence-electron chi connectivity index (χ3n) is 0.951. The van der Waals surface area contributed by atoms with Crippen LogP contribution in [0.5, 0.6) is 0 Å². The van der Waals surface area contributed by atoms with Crippen LogP contribution >= 0.6 is 0 Å². The van der Waals surface area contributed by atoms with Crippen molar-refractivity contribution >= 4 is 11.9 Å². The highest BCUT2D eigenvalue weighted by atomic mass is 16.5.